The van der Waals surface area contributed by atoms with Crippen LogP contribution in [0.3, 0.4) is 0 Å². The minimum atomic E-state index is -0.601. The van der Waals surface area contributed by atoms with Gasteiger partial charge in [0.05, 0.1) is 62.4 Å². The molecule has 0 atom stereocenters. The van der Waals surface area contributed by atoms with Crippen LogP contribution in [0.1, 0.15) is 75.5 Å². The number of carbonyl (C=O) groups is 3. The third-order valence-electron chi connectivity index (χ3n) is 8.59. The summed E-state index contributed by atoms with van der Waals surface area (Å²) in [4.78, 5) is 38.2. The van der Waals surface area contributed by atoms with E-state index in [0.717, 1.165) is 16.7 Å². The van der Waals surface area contributed by atoms with E-state index in [2.05, 4.69) is 4.74 Å². The Morgan fingerprint density at radius 3 is 0.946 bits per heavy atom. The van der Waals surface area contributed by atoms with E-state index in [1.54, 1.807) is 50.6 Å². The van der Waals surface area contributed by atoms with Crippen LogP contribution in [0.5, 0.6) is 34.5 Å². The van der Waals surface area contributed by atoms with Crippen molar-refractivity contribution in [2.45, 2.75) is 48.5 Å². The summed E-state index contributed by atoms with van der Waals surface area (Å²) < 4.78 is 48.6. The summed E-state index contributed by atoms with van der Waals surface area (Å²) in [5, 5.41) is 0. The van der Waals surface area contributed by atoms with Crippen LogP contribution in [0.15, 0.2) is 36.4 Å². The van der Waals surface area contributed by atoms with Gasteiger partial charge < -0.3 is 42.6 Å². The van der Waals surface area contributed by atoms with E-state index in [0.29, 0.717) is 68.2 Å². The van der Waals surface area contributed by atoms with Crippen molar-refractivity contribution in [3.8, 4) is 67.9 Å². The molecule has 0 saturated heterocycles. The van der Waals surface area contributed by atoms with Gasteiger partial charge >= 0.3 is 11.9 Å². The predicted molar refractivity (Wildman–Crippen MR) is 220 cm³/mol. The van der Waals surface area contributed by atoms with Crippen LogP contribution in [-0.4, -0.2) is 89.3 Å². The van der Waals surface area contributed by atoms with Gasteiger partial charge in [0.2, 0.25) is 0 Å². The fourth-order valence-corrected chi connectivity index (χ4v) is 6.37. The largest absolute Gasteiger partial charge is 0.496 e. The lowest BCUT2D eigenvalue weighted by Gasteiger charge is -2.26. The second kappa shape index (κ2) is 23.2. The fourth-order valence-electron chi connectivity index (χ4n) is 6.37. The Bertz CT molecular complexity index is 1860. The maximum atomic E-state index is 13.0. The quantitative estimate of drug-likeness (QED) is 0.100. The standard InChI is InChI=1S/C38H40O11.C2H6O.2C2H6/c1-19-34(23-12-22(18-39)28(42-4)15-29(23)43-5)20(2)36(25-14-27(38(41)49-11)33(47-9)17-31(25)45-7)21(3)35(19)24-13-26(37(40)48-10)32(46-8)16-30(24)44-6;1-3-2;2*1-2/h12-18H,1-11H3;1-2H3;2*1-2H3. The molecule has 0 unspecified atom stereocenters. The molecule has 0 heterocycles. The maximum absolute atomic E-state index is 13.0. The summed E-state index contributed by atoms with van der Waals surface area (Å²) in [7, 11) is 14.8. The third kappa shape index (κ3) is 9.91. The van der Waals surface area contributed by atoms with E-state index in [-0.39, 0.29) is 22.6 Å². The molecular formula is C44H58O12. The number of carbonyl (C=O) groups excluding carboxylic acids is 3. The van der Waals surface area contributed by atoms with E-state index in [9.17, 15) is 14.4 Å². The molecule has 0 aromatic heterocycles. The number of hydrogen-bond acceptors (Lipinski definition) is 12. The van der Waals surface area contributed by atoms with Gasteiger partial charge in [-0.2, -0.15) is 0 Å². The average Bonchev–Trinajstić information content (AvgIpc) is 3.23. The molecule has 0 aliphatic heterocycles. The molecule has 0 amide bonds. The summed E-state index contributed by atoms with van der Waals surface area (Å²) in [6.07, 6.45) is 0.715. The number of esters is 2. The van der Waals surface area contributed by atoms with Crippen molar-refractivity contribution in [1.29, 1.82) is 0 Å². The molecule has 0 saturated carbocycles. The first-order chi connectivity index (χ1) is 26.9. The van der Waals surface area contributed by atoms with E-state index < -0.39 is 11.9 Å². The summed E-state index contributed by atoms with van der Waals surface area (Å²) in [6.45, 7) is 13.8. The first-order valence-corrected chi connectivity index (χ1v) is 17.9. The summed E-state index contributed by atoms with van der Waals surface area (Å²) in [5.41, 5.74) is 6.83. The van der Waals surface area contributed by atoms with E-state index >= 15 is 0 Å². The molecule has 12 heteroatoms. The predicted octanol–water partition coefficient (Wildman–Crippen LogP) is 9.37. The Morgan fingerprint density at radius 1 is 0.429 bits per heavy atom. The highest BCUT2D eigenvalue weighted by Gasteiger charge is 2.29. The number of benzene rings is 4. The minimum absolute atomic E-state index is 0.184. The molecule has 0 aliphatic carbocycles. The molecule has 0 spiro atoms. The van der Waals surface area contributed by atoms with Crippen molar-refractivity contribution in [3.63, 3.8) is 0 Å². The second-order valence-corrected chi connectivity index (χ2v) is 11.3. The summed E-state index contributed by atoms with van der Waals surface area (Å²) >= 11 is 0. The van der Waals surface area contributed by atoms with Gasteiger partial charge in [-0.1, -0.05) is 27.7 Å². The normalized spacial score (nSPS) is 9.80. The molecule has 4 aromatic carbocycles. The molecule has 306 valence electrons. The Balaban J connectivity index is 0.00000210. The summed E-state index contributed by atoms with van der Waals surface area (Å²) in [6, 6.07) is 9.94. The SMILES string of the molecule is CC.CC.COC.COC(=O)c1cc(-c2c(C)c(-c3cc(C=O)c(OC)cc3OC)c(C)c(-c3cc(C(=O)OC)c(OC)cc3OC)c2C)c(OC)cc1OC. The van der Waals surface area contributed by atoms with E-state index in [4.69, 9.17) is 37.9 Å². The molecule has 4 rings (SSSR count). The fraction of sp³-hybridized carbons (Fsp3) is 0.386. The molecule has 0 aliphatic rings. The highest BCUT2D eigenvalue weighted by atomic mass is 16.5. The van der Waals surface area contributed by atoms with Crippen molar-refractivity contribution in [3.05, 3.63) is 69.8 Å². The second-order valence-electron chi connectivity index (χ2n) is 11.3. The first kappa shape index (κ1) is 48.3. The van der Waals surface area contributed by atoms with Gasteiger partial charge in [-0.05, 0) is 72.4 Å². The van der Waals surface area contributed by atoms with Crippen LogP contribution in [-0.2, 0) is 14.2 Å². The van der Waals surface area contributed by atoms with Crippen LogP contribution in [0.4, 0.5) is 0 Å². The lowest BCUT2D eigenvalue weighted by atomic mass is 9.79. The van der Waals surface area contributed by atoms with Gasteiger partial charge in [0.15, 0.2) is 6.29 Å². The van der Waals surface area contributed by atoms with Crippen LogP contribution >= 0.6 is 0 Å². The van der Waals surface area contributed by atoms with Crippen molar-refractivity contribution >= 4 is 18.2 Å². The number of hydrogen-bond donors (Lipinski definition) is 0. The lowest BCUT2D eigenvalue weighted by molar-refractivity contribution is 0.0588. The zero-order chi connectivity index (χ0) is 42.9. The van der Waals surface area contributed by atoms with Gasteiger partial charge in [0.25, 0.3) is 0 Å². The number of ether oxygens (including phenoxy) is 9. The van der Waals surface area contributed by atoms with E-state index in [1.165, 1.54) is 56.9 Å². The van der Waals surface area contributed by atoms with Gasteiger partial charge in [-0.15, -0.1) is 0 Å². The number of rotatable bonds is 12. The average molecular weight is 779 g/mol. The Labute approximate surface area is 331 Å². The third-order valence-corrected chi connectivity index (χ3v) is 8.59. The molecule has 0 radical (unpaired) electrons. The smallest absolute Gasteiger partial charge is 0.341 e. The monoisotopic (exact) mass is 778 g/mol. The van der Waals surface area contributed by atoms with Gasteiger partial charge in [0, 0.05) is 49.1 Å². The molecular weight excluding hydrogens is 720 g/mol. The van der Waals surface area contributed by atoms with Gasteiger partial charge in [0.1, 0.15) is 45.6 Å². The van der Waals surface area contributed by atoms with Crippen LogP contribution < -0.4 is 28.4 Å². The summed E-state index contributed by atoms with van der Waals surface area (Å²) in [5.74, 6) is 0.962. The minimum Gasteiger partial charge on any atom is -0.496 e. The molecule has 56 heavy (non-hydrogen) atoms. The van der Waals surface area contributed by atoms with Crippen LogP contribution in [0, 0.1) is 20.8 Å². The molecule has 12 nitrogen and oxygen atoms in total. The van der Waals surface area contributed by atoms with Crippen molar-refractivity contribution in [2.75, 3.05) is 71.1 Å². The van der Waals surface area contributed by atoms with Crippen LogP contribution in [0.2, 0.25) is 0 Å². The van der Waals surface area contributed by atoms with Crippen LogP contribution in [0.25, 0.3) is 33.4 Å². The van der Waals surface area contributed by atoms with Crippen molar-refractivity contribution < 1.29 is 57.0 Å². The highest BCUT2D eigenvalue weighted by molar-refractivity contribution is 6.01. The van der Waals surface area contributed by atoms with Gasteiger partial charge in [-0.25, -0.2) is 9.59 Å². The highest BCUT2D eigenvalue weighted by Crippen LogP contribution is 2.51. The Hall–Kier alpha value is -5.75. The molecule has 0 bridgehead atoms. The zero-order valence-corrected chi connectivity index (χ0v) is 35.9. The first-order valence-electron chi connectivity index (χ1n) is 17.9. The number of aldehydes is 1. The zero-order valence-electron chi connectivity index (χ0n) is 35.9. The Kier molecular flexibility index (Phi) is 20.0. The van der Waals surface area contributed by atoms with Crippen molar-refractivity contribution in [2.24, 2.45) is 0 Å². The lowest BCUT2D eigenvalue weighted by Crippen LogP contribution is -2.08. The Morgan fingerprint density at radius 2 is 0.696 bits per heavy atom. The molecule has 0 fully saturated rings. The van der Waals surface area contributed by atoms with Crippen molar-refractivity contribution in [1.82, 2.24) is 0 Å². The maximum Gasteiger partial charge on any atom is 0.341 e. The molecule has 0 N–H and O–H groups in total. The topological polar surface area (TPSA) is 134 Å². The molecule has 4 aromatic rings. The van der Waals surface area contributed by atoms with E-state index in [1.807, 2.05) is 48.5 Å². The number of methoxy groups -OCH3 is 9. The van der Waals surface area contributed by atoms with Gasteiger partial charge in [-0.3, -0.25) is 4.79 Å².